The molecule has 0 atom stereocenters. The summed E-state index contributed by atoms with van der Waals surface area (Å²) in [5.41, 5.74) is 8.61. The van der Waals surface area contributed by atoms with Gasteiger partial charge in [-0.1, -0.05) is 66.7 Å². The quantitative estimate of drug-likeness (QED) is 0.237. The lowest BCUT2D eigenvalue weighted by Crippen LogP contribution is -1.89. The number of hydrogen-bond donors (Lipinski definition) is 0. The van der Waals surface area contributed by atoms with Crippen LogP contribution >= 0.6 is 11.3 Å². The van der Waals surface area contributed by atoms with Gasteiger partial charge >= 0.3 is 0 Å². The number of fused-ring (bicyclic) bond motifs is 10. The zero-order valence-corrected chi connectivity index (χ0v) is 19.9. The van der Waals surface area contributed by atoms with E-state index in [0.29, 0.717) is 0 Å². The number of hydrogen-bond acceptors (Lipinski definition) is 3. The van der Waals surface area contributed by atoms with Gasteiger partial charge in [0.05, 0.1) is 22.1 Å². The summed E-state index contributed by atoms with van der Waals surface area (Å²) in [6.07, 6.45) is 0. The van der Waals surface area contributed by atoms with Crippen molar-refractivity contribution in [3.05, 3.63) is 103 Å². The first-order chi connectivity index (χ1) is 17.8. The van der Waals surface area contributed by atoms with Crippen LogP contribution in [0.3, 0.4) is 0 Å². The lowest BCUT2D eigenvalue weighted by atomic mass is 9.97. The molecule has 0 aliphatic carbocycles. The maximum atomic E-state index is 5.09. The number of rotatable bonds is 1. The molecular formula is C32H17N3S. The van der Waals surface area contributed by atoms with Crippen molar-refractivity contribution in [2.75, 3.05) is 0 Å². The monoisotopic (exact) mass is 475 g/mol. The topological polar surface area (TPSA) is 30.2 Å². The van der Waals surface area contributed by atoms with Crippen LogP contribution in [0.1, 0.15) is 0 Å². The minimum Gasteiger partial charge on any atom is -0.291 e. The molecule has 0 spiro atoms. The number of para-hydroxylation sites is 3. The largest absolute Gasteiger partial charge is 0.291 e. The Balaban J connectivity index is 1.43. The van der Waals surface area contributed by atoms with Crippen LogP contribution in [0, 0.1) is 0 Å². The van der Waals surface area contributed by atoms with Crippen LogP contribution in [0.15, 0.2) is 103 Å². The van der Waals surface area contributed by atoms with Crippen molar-refractivity contribution < 1.29 is 0 Å². The summed E-state index contributed by atoms with van der Waals surface area (Å²) >= 11 is 1.86. The Hall–Kier alpha value is -4.54. The third kappa shape index (κ3) is 2.27. The van der Waals surface area contributed by atoms with Crippen LogP contribution in [0.5, 0.6) is 0 Å². The van der Waals surface area contributed by atoms with Gasteiger partial charge < -0.3 is 0 Å². The van der Waals surface area contributed by atoms with Crippen molar-refractivity contribution in [2.24, 2.45) is 0 Å². The molecule has 0 bridgehead atoms. The standard InChI is InChI=1S/C32H17N3S/c1-4-14-27-20(7-1)23-17-18(15-16-28(23)36-27)19-8-6-13-26-29(19)21-9-5-10-22-30-32(35(26)31(21)22)34-25-12-3-2-11-24(25)33-30/h1-17H. The molecule has 36 heavy (non-hydrogen) atoms. The lowest BCUT2D eigenvalue weighted by Gasteiger charge is -2.07. The van der Waals surface area contributed by atoms with E-state index in [0.717, 1.165) is 27.6 Å². The fourth-order valence-electron chi connectivity index (χ4n) is 5.99. The first kappa shape index (κ1) is 18.7. The maximum absolute atomic E-state index is 5.09. The van der Waals surface area contributed by atoms with Crippen LogP contribution in [0.4, 0.5) is 0 Å². The summed E-state index contributed by atoms with van der Waals surface area (Å²) in [4.78, 5) is 10.1. The van der Waals surface area contributed by atoms with Crippen LogP contribution in [-0.2, 0) is 0 Å². The molecule has 3 nitrogen and oxygen atoms in total. The molecule has 0 aliphatic rings. The van der Waals surface area contributed by atoms with Gasteiger partial charge in [0, 0.05) is 36.3 Å². The minimum absolute atomic E-state index is 0.921. The molecule has 0 aliphatic heterocycles. The van der Waals surface area contributed by atoms with E-state index in [4.69, 9.17) is 9.97 Å². The van der Waals surface area contributed by atoms with E-state index >= 15 is 0 Å². The first-order valence-corrected chi connectivity index (χ1v) is 12.9. The minimum atomic E-state index is 0.921. The van der Waals surface area contributed by atoms with E-state index in [1.54, 1.807) is 0 Å². The van der Waals surface area contributed by atoms with Gasteiger partial charge in [0.15, 0.2) is 5.65 Å². The Morgan fingerprint density at radius 3 is 2.28 bits per heavy atom. The highest BCUT2D eigenvalue weighted by Gasteiger charge is 2.21. The van der Waals surface area contributed by atoms with Gasteiger partial charge in [0.1, 0.15) is 5.52 Å². The number of benzene rings is 5. The average Bonchev–Trinajstić information content (AvgIpc) is 3.58. The second-order valence-corrected chi connectivity index (χ2v) is 10.5. The van der Waals surface area contributed by atoms with E-state index in [-0.39, 0.29) is 0 Å². The first-order valence-electron chi connectivity index (χ1n) is 12.1. The van der Waals surface area contributed by atoms with Crippen molar-refractivity contribution in [1.29, 1.82) is 0 Å². The number of thiophene rings is 1. The van der Waals surface area contributed by atoms with Gasteiger partial charge in [-0.15, -0.1) is 11.3 Å². The van der Waals surface area contributed by atoms with E-state index in [1.165, 1.54) is 53.1 Å². The molecule has 9 aromatic rings. The van der Waals surface area contributed by atoms with Crippen LogP contribution in [0.2, 0.25) is 0 Å². The molecule has 4 heteroatoms. The zero-order valence-electron chi connectivity index (χ0n) is 19.1. The third-order valence-electron chi connectivity index (χ3n) is 7.52. The predicted molar refractivity (Wildman–Crippen MR) is 153 cm³/mol. The Morgan fingerprint density at radius 1 is 0.583 bits per heavy atom. The van der Waals surface area contributed by atoms with Crippen molar-refractivity contribution in [3.63, 3.8) is 0 Å². The summed E-state index contributed by atoms with van der Waals surface area (Å²) in [5.74, 6) is 0. The second kappa shape index (κ2) is 6.56. The Bertz CT molecular complexity index is 2320. The summed E-state index contributed by atoms with van der Waals surface area (Å²) in [7, 11) is 0. The van der Waals surface area contributed by atoms with Gasteiger partial charge in [0.2, 0.25) is 0 Å². The molecule has 4 heterocycles. The maximum Gasteiger partial charge on any atom is 0.165 e. The summed E-state index contributed by atoms with van der Waals surface area (Å²) in [6, 6.07) is 36.9. The molecule has 4 aromatic heterocycles. The molecule has 9 rings (SSSR count). The highest BCUT2D eigenvalue weighted by atomic mass is 32.1. The van der Waals surface area contributed by atoms with E-state index in [1.807, 2.05) is 35.6 Å². The summed E-state index contributed by atoms with van der Waals surface area (Å²) < 4.78 is 4.98. The fourth-order valence-corrected chi connectivity index (χ4v) is 7.08. The Morgan fingerprint density at radius 2 is 1.33 bits per heavy atom. The number of aromatic nitrogens is 3. The Labute approximate surface area is 209 Å². The normalized spacial score (nSPS) is 12.4. The molecule has 0 unspecified atom stereocenters. The molecular weight excluding hydrogens is 458 g/mol. The van der Waals surface area contributed by atoms with Gasteiger partial charge in [-0.05, 0) is 47.5 Å². The van der Waals surface area contributed by atoms with Gasteiger partial charge in [-0.2, -0.15) is 0 Å². The second-order valence-electron chi connectivity index (χ2n) is 9.43. The lowest BCUT2D eigenvalue weighted by molar-refractivity contribution is 1.28. The zero-order chi connectivity index (χ0) is 23.4. The van der Waals surface area contributed by atoms with E-state index in [2.05, 4.69) is 83.3 Å². The highest BCUT2D eigenvalue weighted by molar-refractivity contribution is 7.25. The summed E-state index contributed by atoms with van der Waals surface area (Å²) in [6.45, 7) is 0. The molecule has 0 saturated carbocycles. The van der Waals surface area contributed by atoms with Crippen LogP contribution in [0.25, 0.3) is 80.7 Å². The molecule has 0 saturated heterocycles. The molecule has 0 N–H and O–H groups in total. The van der Waals surface area contributed by atoms with Crippen molar-refractivity contribution in [3.8, 4) is 11.1 Å². The highest BCUT2D eigenvalue weighted by Crippen LogP contribution is 2.43. The van der Waals surface area contributed by atoms with Crippen LogP contribution in [-0.4, -0.2) is 14.4 Å². The molecule has 0 radical (unpaired) electrons. The van der Waals surface area contributed by atoms with E-state index in [9.17, 15) is 0 Å². The smallest absolute Gasteiger partial charge is 0.165 e. The van der Waals surface area contributed by atoms with Crippen molar-refractivity contribution in [1.82, 2.24) is 14.4 Å². The fraction of sp³-hybridized carbons (Fsp3) is 0. The average molecular weight is 476 g/mol. The number of nitrogens with zero attached hydrogens (tertiary/aromatic N) is 3. The van der Waals surface area contributed by atoms with Crippen molar-refractivity contribution in [2.45, 2.75) is 0 Å². The predicted octanol–water partition coefficient (Wildman–Crippen LogP) is 8.81. The third-order valence-corrected chi connectivity index (χ3v) is 8.67. The van der Waals surface area contributed by atoms with Gasteiger partial charge in [0.25, 0.3) is 0 Å². The SMILES string of the molecule is c1ccc2nc3c(nc2c1)c1cccc2c4c(-c5ccc6sc7ccccc7c6c5)cccc4n3c12. The van der Waals surface area contributed by atoms with Gasteiger partial charge in [-0.3, -0.25) is 4.40 Å². The van der Waals surface area contributed by atoms with Gasteiger partial charge in [-0.25, -0.2) is 9.97 Å². The molecule has 5 aromatic carbocycles. The van der Waals surface area contributed by atoms with Crippen LogP contribution < -0.4 is 0 Å². The summed E-state index contributed by atoms with van der Waals surface area (Å²) in [5, 5.41) is 6.32. The molecule has 0 fully saturated rings. The molecule has 166 valence electrons. The molecule has 0 amide bonds. The van der Waals surface area contributed by atoms with Crippen molar-refractivity contribution >= 4 is 80.9 Å². The van der Waals surface area contributed by atoms with E-state index < -0.39 is 0 Å². The Kier molecular flexibility index (Phi) is 3.42.